The van der Waals surface area contributed by atoms with Crippen LogP contribution in [-0.2, 0) is 14.3 Å². The van der Waals surface area contributed by atoms with Gasteiger partial charge in [0.25, 0.3) is 0 Å². The van der Waals surface area contributed by atoms with Crippen molar-refractivity contribution < 1.29 is 14.3 Å². The largest absolute Gasteiger partial charge is 0.466 e. The second-order valence-corrected chi connectivity index (χ2v) is 4.10. The lowest BCUT2D eigenvalue weighted by atomic mass is 10.1. The standard InChI is InChI=1S/C9H13BrO3/c1-5(8(11)7(3)10)6(2)9(12)13-4/h7H,1-4H3/b6-5+. The molecule has 0 aromatic heterocycles. The number of rotatable bonds is 3. The molecule has 74 valence electrons. The number of esters is 1. The van der Waals surface area contributed by atoms with E-state index in [0.717, 1.165) is 0 Å². The van der Waals surface area contributed by atoms with Crippen molar-refractivity contribution in [3.8, 4) is 0 Å². The Morgan fingerprint density at radius 1 is 1.23 bits per heavy atom. The highest BCUT2D eigenvalue weighted by Crippen LogP contribution is 2.12. The smallest absolute Gasteiger partial charge is 0.333 e. The first-order chi connectivity index (χ1) is 5.91. The van der Waals surface area contributed by atoms with Crippen LogP contribution in [0.3, 0.4) is 0 Å². The molecule has 0 N–H and O–H groups in total. The molecule has 0 aliphatic carbocycles. The Labute approximate surface area is 86.3 Å². The molecular weight excluding hydrogens is 236 g/mol. The highest BCUT2D eigenvalue weighted by molar-refractivity contribution is 9.10. The summed E-state index contributed by atoms with van der Waals surface area (Å²) in [7, 11) is 1.29. The number of hydrogen-bond acceptors (Lipinski definition) is 3. The van der Waals surface area contributed by atoms with Crippen LogP contribution < -0.4 is 0 Å². The third-order valence-electron chi connectivity index (χ3n) is 1.78. The van der Waals surface area contributed by atoms with E-state index in [1.165, 1.54) is 7.11 Å². The summed E-state index contributed by atoms with van der Waals surface area (Å²) >= 11 is 3.14. The Bertz CT molecular complexity index is 254. The number of carbonyl (C=O) groups is 2. The van der Waals surface area contributed by atoms with Crippen LogP contribution in [0.5, 0.6) is 0 Å². The number of ketones is 1. The van der Waals surface area contributed by atoms with Crippen LogP contribution in [0.25, 0.3) is 0 Å². The Hall–Kier alpha value is -0.640. The minimum atomic E-state index is -0.459. The zero-order valence-corrected chi connectivity index (χ0v) is 9.77. The molecule has 1 unspecified atom stereocenters. The average Bonchev–Trinajstić information content (AvgIpc) is 2.12. The van der Waals surface area contributed by atoms with Crippen molar-refractivity contribution in [3.63, 3.8) is 0 Å². The summed E-state index contributed by atoms with van der Waals surface area (Å²) in [5.74, 6) is -0.554. The van der Waals surface area contributed by atoms with E-state index >= 15 is 0 Å². The molecule has 0 spiro atoms. The summed E-state index contributed by atoms with van der Waals surface area (Å²) < 4.78 is 4.50. The predicted octanol–water partition coefficient (Wildman–Crippen LogP) is 1.85. The Balaban J connectivity index is 4.81. The lowest BCUT2D eigenvalue weighted by Gasteiger charge is -2.06. The first-order valence-corrected chi connectivity index (χ1v) is 4.77. The number of alkyl halides is 1. The molecule has 3 nitrogen and oxygen atoms in total. The molecule has 0 aliphatic heterocycles. The number of Topliss-reactive ketones (excluding diaryl/α,β-unsaturated/α-hetero) is 1. The van der Waals surface area contributed by atoms with Crippen LogP contribution in [0, 0.1) is 0 Å². The number of halogens is 1. The number of hydrogen-bond donors (Lipinski definition) is 0. The lowest BCUT2D eigenvalue weighted by Crippen LogP contribution is -2.15. The fourth-order valence-corrected chi connectivity index (χ4v) is 1.13. The molecule has 0 bridgehead atoms. The molecule has 0 rings (SSSR count). The second-order valence-electron chi connectivity index (χ2n) is 2.72. The van der Waals surface area contributed by atoms with Crippen LogP contribution in [0.2, 0.25) is 0 Å². The SMILES string of the molecule is COC(=O)/C(C)=C(\C)C(=O)C(C)Br. The van der Waals surface area contributed by atoms with Crippen molar-refractivity contribution in [2.45, 2.75) is 25.6 Å². The van der Waals surface area contributed by atoms with Gasteiger partial charge in [0.1, 0.15) is 0 Å². The average molecular weight is 249 g/mol. The van der Waals surface area contributed by atoms with Gasteiger partial charge in [0, 0.05) is 11.1 Å². The minimum Gasteiger partial charge on any atom is -0.466 e. The van der Waals surface area contributed by atoms with E-state index in [0.29, 0.717) is 11.1 Å². The van der Waals surface area contributed by atoms with E-state index in [4.69, 9.17) is 0 Å². The molecule has 13 heavy (non-hydrogen) atoms. The van der Waals surface area contributed by atoms with Crippen molar-refractivity contribution in [1.29, 1.82) is 0 Å². The number of ether oxygens (including phenoxy) is 1. The van der Waals surface area contributed by atoms with Crippen LogP contribution >= 0.6 is 15.9 Å². The molecule has 1 atom stereocenters. The van der Waals surface area contributed by atoms with Gasteiger partial charge < -0.3 is 4.74 Å². The van der Waals surface area contributed by atoms with Gasteiger partial charge in [-0.05, 0) is 20.8 Å². The van der Waals surface area contributed by atoms with E-state index in [1.807, 2.05) is 0 Å². The lowest BCUT2D eigenvalue weighted by molar-refractivity contribution is -0.136. The predicted molar refractivity (Wildman–Crippen MR) is 53.8 cm³/mol. The van der Waals surface area contributed by atoms with Crippen molar-refractivity contribution in [1.82, 2.24) is 0 Å². The monoisotopic (exact) mass is 248 g/mol. The van der Waals surface area contributed by atoms with Gasteiger partial charge in [-0.2, -0.15) is 0 Å². The third kappa shape index (κ3) is 3.30. The van der Waals surface area contributed by atoms with Crippen molar-refractivity contribution >= 4 is 27.7 Å². The van der Waals surface area contributed by atoms with Gasteiger partial charge in [0.05, 0.1) is 11.9 Å². The summed E-state index contributed by atoms with van der Waals surface area (Å²) in [6.07, 6.45) is 0. The van der Waals surface area contributed by atoms with Gasteiger partial charge in [-0.15, -0.1) is 0 Å². The molecule has 0 fully saturated rings. The molecule has 0 amide bonds. The maximum atomic E-state index is 11.4. The number of allylic oxidation sites excluding steroid dienone is 1. The molecule has 0 saturated heterocycles. The van der Waals surface area contributed by atoms with Gasteiger partial charge >= 0.3 is 5.97 Å². The first-order valence-electron chi connectivity index (χ1n) is 3.85. The molecule has 0 aromatic carbocycles. The third-order valence-corrected chi connectivity index (χ3v) is 2.20. The van der Waals surface area contributed by atoms with E-state index in [2.05, 4.69) is 20.7 Å². The van der Waals surface area contributed by atoms with Crippen LogP contribution in [-0.4, -0.2) is 23.7 Å². The highest BCUT2D eigenvalue weighted by atomic mass is 79.9. The molecule has 0 heterocycles. The van der Waals surface area contributed by atoms with E-state index < -0.39 is 5.97 Å². The van der Waals surface area contributed by atoms with Gasteiger partial charge in [-0.1, -0.05) is 15.9 Å². The number of carbonyl (C=O) groups excluding carboxylic acids is 2. The van der Waals surface area contributed by atoms with Crippen molar-refractivity contribution in [3.05, 3.63) is 11.1 Å². The summed E-state index contributed by atoms with van der Waals surface area (Å²) in [6, 6.07) is 0. The molecule has 0 saturated carbocycles. The Kier molecular flexibility index (Phi) is 4.91. The molecule has 0 radical (unpaired) electrons. The summed E-state index contributed by atoms with van der Waals surface area (Å²) in [6.45, 7) is 4.91. The topological polar surface area (TPSA) is 43.4 Å². The molecule has 0 aromatic rings. The number of methoxy groups -OCH3 is 1. The van der Waals surface area contributed by atoms with Gasteiger partial charge in [-0.25, -0.2) is 4.79 Å². The van der Waals surface area contributed by atoms with Gasteiger partial charge in [0.15, 0.2) is 5.78 Å². The van der Waals surface area contributed by atoms with Gasteiger partial charge in [-0.3, -0.25) is 4.79 Å². The highest BCUT2D eigenvalue weighted by Gasteiger charge is 2.17. The normalized spacial score (nSPS) is 14.5. The van der Waals surface area contributed by atoms with Crippen LogP contribution in [0.1, 0.15) is 20.8 Å². The zero-order valence-electron chi connectivity index (χ0n) is 8.18. The summed E-state index contributed by atoms with van der Waals surface area (Å²) in [4.78, 5) is 22.2. The van der Waals surface area contributed by atoms with Crippen molar-refractivity contribution in [2.24, 2.45) is 0 Å². The van der Waals surface area contributed by atoms with Crippen molar-refractivity contribution in [2.75, 3.05) is 7.11 Å². The van der Waals surface area contributed by atoms with Crippen LogP contribution in [0.15, 0.2) is 11.1 Å². The minimum absolute atomic E-state index is 0.0945. The van der Waals surface area contributed by atoms with Crippen LogP contribution in [0.4, 0.5) is 0 Å². The zero-order chi connectivity index (χ0) is 10.6. The fraction of sp³-hybridized carbons (Fsp3) is 0.556. The van der Waals surface area contributed by atoms with E-state index in [9.17, 15) is 9.59 Å². The van der Waals surface area contributed by atoms with E-state index in [1.54, 1.807) is 20.8 Å². The van der Waals surface area contributed by atoms with Gasteiger partial charge in [0.2, 0.25) is 0 Å². The Morgan fingerprint density at radius 3 is 2.00 bits per heavy atom. The Morgan fingerprint density at radius 2 is 1.69 bits per heavy atom. The molecule has 4 heteroatoms. The molecule has 0 aliphatic rings. The quantitative estimate of drug-likeness (QED) is 0.435. The maximum absolute atomic E-state index is 11.4. The fourth-order valence-electron chi connectivity index (χ4n) is 0.789. The molecular formula is C9H13BrO3. The first kappa shape index (κ1) is 12.4. The van der Waals surface area contributed by atoms with E-state index in [-0.39, 0.29) is 10.6 Å². The maximum Gasteiger partial charge on any atom is 0.333 e. The summed E-state index contributed by atoms with van der Waals surface area (Å²) in [5, 5.41) is 0. The summed E-state index contributed by atoms with van der Waals surface area (Å²) in [5.41, 5.74) is 0.801. The second kappa shape index (κ2) is 5.17.